The van der Waals surface area contributed by atoms with Crippen LogP contribution in [0.5, 0.6) is 0 Å². The monoisotopic (exact) mass is 146 g/mol. The fraction of sp³-hybridized carbons (Fsp3) is 0.571. The third-order valence-corrected chi connectivity index (χ3v) is 1.19. The van der Waals surface area contributed by atoms with Crippen LogP contribution >= 0.6 is 0 Å². The smallest absolute Gasteiger partial charge is 0.338 e. The second kappa shape index (κ2) is 4.04. The zero-order valence-electron chi connectivity index (χ0n) is 6.04. The lowest BCUT2D eigenvalue weighted by Gasteiger charge is -2.06. The average molecular weight is 146 g/mol. The highest BCUT2D eigenvalue weighted by Crippen LogP contribution is 2.08. The van der Waals surface area contributed by atoms with E-state index in [2.05, 4.69) is 0 Å². The van der Waals surface area contributed by atoms with Gasteiger partial charge in [0.1, 0.15) is 0 Å². The van der Waals surface area contributed by atoms with Crippen molar-refractivity contribution < 1.29 is 14.3 Å². The average Bonchev–Trinajstić information content (AvgIpc) is 1.87. The molecule has 0 aromatic heterocycles. The van der Waals surface area contributed by atoms with Crippen molar-refractivity contribution in [2.75, 3.05) is 0 Å². The zero-order valence-corrected chi connectivity index (χ0v) is 6.04. The Morgan fingerprint density at radius 1 is 1.70 bits per heavy atom. The first-order valence-electron chi connectivity index (χ1n) is 3.09. The maximum atomic E-state index is 12.5. The summed E-state index contributed by atoms with van der Waals surface area (Å²) in [5.41, 5.74) is 0. The van der Waals surface area contributed by atoms with Crippen molar-refractivity contribution in [3.05, 3.63) is 12.2 Å². The Bertz CT molecular complexity index is 143. The number of hydrogen-bond donors (Lipinski definition) is 1. The van der Waals surface area contributed by atoms with Crippen LogP contribution in [-0.2, 0) is 4.79 Å². The molecule has 0 radical (unpaired) electrons. The largest absolute Gasteiger partial charge is 0.479 e. The molecule has 1 N–H and O–H groups in total. The van der Waals surface area contributed by atoms with Crippen molar-refractivity contribution in [1.82, 2.24) is 0 Å². The highest BCUT2D eigenvalue weighted by molar-refractivity contribution is 5.72. The predicted octanol–water partition coefficient (Wildman–Crippen LogP) is 1.62. The summed E-state index contributed by atoms with van der Waals surface area (Å²) in [7, 11) is 0. The van der Waals surface area contributed by atoms with E-state index in [1.165, 1.54) is 13.0 Å². The van der Waals surface area contributed by atoms with Gasteiger partial charge in [0.15, 0.2) is 0 Å². The van der Waals surface area contributed by atoms with Gasteiger partial charge in [0.2, 0.25) is 6.17 Å². The normalized spacial score (nSPS) is 17.1. The summed E-state index contributed by atoms with van der Waals surface area (Å²) in [6.45, 7) is 3.25. The molecule has 0 spiro atoms. The standard InChI is InChI=1S/C7H11FO2/c1-3-4-5(2)6(8)7(9)10/h3-6H,1-2H3,(H,9,10)/b4-3+/t5-,6+/m1/s1. The van der Waals surface area contributed by atoms with Gasteiger partial charge >= 0.3 is 5.97 Å². The molecule has 0 aliphatic carbocycles. The van der Waals surface area contributed by atoms with Gasteiger partial charge < -0.3 is 5.11 Å². The van der Waals surface area contributed by atoms with E-state index in [-0.39, 0.29) is 0 Å². The number of aliphatic carboxylic acids is 1. The number of rotatable bonds is 3. The van der Waals surface area contributed by atoms with Crippen LogP contribution in [0.15, 0.2) is 12.2 Å². The van der Waals surface area contributed by atoms with Crippen LogP contribution in [-0.4, -0.2) is 17.2 Å². The van der Waals surface area contributed by atoms with Gasteiger partial charge in [0.05, 0.1) is 0 Å². The van der Waals surface area contributed by atoms with Crippen molar-refractivity contribution in [2.24, 2.45) is 5.92 Å². The molecule has 0 fully saturated rings. The van der Waals surface area contributed by atoms with Crippen LogP contribution in [0.3, 0.4) is 0 Å². The van der Waals surface area contributed by atoms with Crippen molar-refractivity contribution in [3.8, 4) is 0 Å². The van der Waals surface area contributed by atoms with E-state index in [1.807, 2.05) is 0 Å². The lowest BCUT2D eigenvalue weighted by Crippen LogP contribution is -2.21. The summed E-state index contributed by atoms with van der Waals surface area (Å²) in [6.07, 6.45) is 1.38. The molecule has 0 aliphatic rings. The molecule has 0 aromatic rings. The van der Waals surface area contributed by atoms with E-state index in [9.17, 15) is 9.18 Å². The maximum absolute atomic E-state index is 12.5. The topological polar surface area (TPSA) is 37.3 Å². The molecule has 0 unspecified atom stereocenters. The van der Waals surface area contributed by atoms with Crippen molar-refractivity contribution >= 4 is 5.97 Å². The molecular formula is C7H11FO2. The number of carboxylic acid groups (broad SMARTS) is 1. The van der Waals surface area contributed by atoms with Crippen LogP contribution in [0.25, 0.3) is 0 Å². The molecule has 0 saturated carbocycles. The van der Waals surface area contributed by atoms with E-state index >= 15 is 0 Å². The summed E-state index contributed by atoms with van der Waals surface area (Å²) in [5.74, 6) is -1.94. The summed E-state index contributed by atoms with van der Waals surface area (Å²) < 4.78 is 12.5. The Morgan fingerprint density at radius 2 is 2.20 bits per heavy atom. The molecule has 0 amide bonds. The van der Waals surface area contributed by atoms with E-state index in [0.717, 1.165) is 0 Å². The number of carbonyl (C=O) groups is 1. The number of alkyl halides is 1. The summed E-state index contributed by atoms with van der Waals surface area (Å²) in [4.78, 5) is 10.0. The third-order valence-electron chi connectivity index (χ3n) is 1.19. The zero-order chi connectivity index (χ0) is 8.15. The van der Waals surface area contributed by atoms with Gasteiger partial charge in [-0.2, -0.15) is 0 Å². The fourth-order valence-corrected chi connectivity index (χ4v) is 0.626. The van der Waals surface area contributed by atoms with E-state index in [1.54, 1.807) is 13.0 Å². The lowest BCUT2D eigenvalue weighted by atomic mass is 10.1. The van der Waals surface area contributed by atoms with Crippen LogP contribution in [0.1, 0.15) is 13.8 Å². The van der Waals surface area contributed by atoms with Crippen LogP contribution in [0, 0.1) is 5.92 Å². The lowest BCUT2D eigenvalue weighted by molar-refractivity contribution is -0.143. The highest BCUT2D eigenvalue weighted by atomic mass is 19.1. The fourth-order valence-electron chi connectivity index (χ4n) is 0.626. The van der Waals surface area contributed by atoms with E-state index < -0.39 is 18.1 Å². The SMILES string of the molecule is C/C=C/[C@@H](C)[C@H](F)C(=O)O. The molecule has 0 bridgehead atoms. The molecule has 3 heteroatoms. The Kier molecular flexibility index (Phi) is 3.69. The van der Waals surface area contributed by atoms with Crippen LogP contribution in [0.2, 0.25) is 0 Å². The summed E-state index contributed by atoms with van der Waals surface area (Å²) >= 11 is 0. The number of allylic oxidation sites excluding steroid dienone is 2. The van der Waals surface area contributed by atoms with Crippen molar-refractivity contribution in [1.29, 1.82) is 0 Å². The minimum Gasteiger partial charge on any atom is -0.479 e. The molecule has 0 saturated heterocycles. The van der Waals surface area contributed by atoms with Gasteiger partial charge in [0.25, 0.3) is 0 Å². The third kappa shape index (κ3) is 2.62. The van der Waals surface area contributed by atoms with Crippen molar-refractivity contribution in [3.63, 3.8) is 0 Å². The molecular weight excluding hydrogens is 135 g/mol. The second-order valence-corrected chi connectivity index (χ2v) is 2.12. The number of halogens is 1. The second-order valence-electron chi connectivity index (χ2n) is 2.12. The first-order chi connectivity index (χ1) is 4.59. The molecule has 10 heavy (non-hydrogen) atoms. The minimum atomic E-state index is -1.78. The van der Waals surface area contributed by atoms with E-state index in [0.29, 0.717) is 0 Å². The minimum absolute atomic E-state index is 0.539. The molecule has 0 aliphatic heterocycles. The predicted molar refractivity (Wildman–Crippen MR) is 36.5 cm³/mol. The Balaban J connectivity index is 3.93. The van der Waals surface area contributed by atoms with Crippen molar-refractivity contribution in [2.45, 2.75) is 20.0 Å². The molecule has 0 aromatic carbocycles. The molecule has 0 heterocycles. The quantitative estimate of drug-likeness (QED) is 0.614. The van der Waals surface area contributed by atoms with Gasteiger partial charge in [0, 0.05) is 5.92 Å². The summed E-state index contributed by atoms with van der Waals surface area (Å²) in [5, 5.41) is 8.17. The molecule has 58 valence electrons. The van der Waals surface area contributed by atoms with Crippen LogP contribution < -0.4 is 0 Å². The summed E-state index contributed by atoms with van der Waals surface area (Å²) in [6, 6.07) is 0. The highest BCUT2D eigenvalue weighted by Gasteiger charge is 2.20. The molecule has 2 atom stereocenters. The van der Waals surface area contributed by atoms with Gasteiger partial charge in [-0.15, -0.1) is 0 Å². The van der Waals surface area contributed by atoms with Gasteiger partial charge in [-0.1, -0.05) is 19.1 Å². The Hall–Kier alpha value is -0.860. The van der Waals surface area contributed by atoms with Gasteiger partial charge in [-0.3, -0.25) is 0 Å². The molecule has 2 nitrogen and oxygen atoms in total. The first-order valence-corrected chi connectivity index (χ1v) is 3.09. The van der Waals surface area contributed by atoms with Crippen LogP contribution in [0.4, 0.5) is 4.39 Å². The Morgan fingerprint density at radius 3 is 2.50 bits per heavy atom. The first kappa shape index (κ1) is 9.14. The number of hydrogen-bond acceptors (Lipinski definition) is 1. The molecule has 0 rings (SSSR count). The van der Waals surface area contributed by atoms with Gasteiger partial charge in [-0.25, -0.2) is 9.18 Å². The Labute approximate surface area is 59.4 Å². The van der Waals surface area contributed by atoms with E-state index in [4.69, 9.17) is 5.11 Å². The number of carboxylic acids is 1. The van der Waals surface area contributed by atoms with Gasteiger partial charge in [-0.05, 0) is 6.92 Å². The maximum Gasteiger partial charge on any atom is 0.338 e.